The van der Waals surface area contributed by atoms with Gasteiger partial charge in [-0.15, -0.1) is 11.3 Å². The number of amides is 1. The Balaban J connectivity index is 1.18. The van der Waals surface area contributed by atoms with Crippen molar-refractivity contribution in [2.24, 2.45) is 5.92 Å². The third kappa shape index (κ3) is 5.69. The zero-order chi connectivity index (χ0) is 29.6. The van der Waals surface area contributed by atoms with Gasteiger partial charge in [-0.05, 0) is 93.3 Å². The molecular formula is C32H33F3N4O2S. The summed E-state index contributed by atoms with van der Waals surface area (Å²) in [7, 11) is 0. The van der Waals surface area contributed by atoms with Gasteiger partial charge in [0.1, 0.15) is 18.1 Å². The van der Waals surface area contributed by atoms with Gasteiger partial charge in [-0.2, -0.15) is 18.3 Å². The van der Waals surface area contributed by atoms with Gasteiger partial charge in [0, 0.05) is 29.4 Å². The second-order valence-electron chi connectivity index (χ2n) is 11.3. The van der Waals surface area contributed by atoms with E-state index in [9.17, 15) is 18.0 Å². The van der Waals surface area contributed by atoms with Gasteiger partial charge in [-0.1, -0.05) is 18.2 Å². The molecule has 0 radical (unpaired) electrons. The Hall–Kier alpha value is -3.66. The van der Waals surface area contributed by atoms with Crippen molar-refractivity contribution in [3.63, 3.8) is 0 Å². The number of hydrogen-bond acceptors (Lipinski definition) is 5. The van der Waals surface area contributed by atoms with E-state index in [1.807, 2.05) is 31.7 Å². The van der Waals surface area contributed by atoms with Gasteiger partial charge >= 0.3 is 6.18 Å². The molecule has 1 aromatic carbocycles. The van der Waals surface area contributed by atoms with Crippen molar-refractivity contribution < 1.29 is 22.7 Å². The maximum Gasteiger partial charge on any atom is 0.433 e. The molecule has 4 aromatic rings. The van der Waals surface area contributed by atoms with E-state index in [0.29, 0.717) is 24.1 Å². The Morgan fingerprint density at radius 1 is 1.05 bits per heavy atom. The van der Waals surface area contributed by atoms with E-state index < -0.39 is 11.9 Å². The Kier molecular flexibility index (Phi) is 7.59. The van der Waals surface area contributed by atoms with Crippen molar-refractivity contribution in [2.75, 3.05) is 13.1 Å². The van der Waals surface area contributed by atoms with Gasteiger partial charge in [0.05, 0.1) is 16.8 Å². The van der Waals surface area contributed by atoms with E-state index in [0.717, 1.165) is 87.9 Å². The fourth-order valence-electron chi connectivity index (χ4n) is 5.68. The van der Waals surface area contributed by atoms with Gasteiger partial charge in [-0.3, -0.25) is 4.79 Å². The number of piperidine rings is 1. The van der Waals surface area contributed by atoms with Crippen LogP contribution < -0.4 is 4.74 Å². The highest BCUT2D eigenvalue weighted by molar-refractivity contribution is 7.15. The molecule has 1 aliphatic carbocycles. The summed E-state index contributed by atoms with van der Waals surface area (Å²) in [6.07, 6.45) is 0.629. The summed E-state index contributed by atoms with van der Waals surface area (Å²) < 4.78 is 47.6. The largest absolute Gasteiger partial charge is 0.489 e. The number of alkyl halides is 3. The molecule has 0 spiro atoms. The smallest absolute Gasteiger partial charge is 0.433 e. The Bertz CT molecular complexity index is 1610. The van der Waals surface area contributed by atoms with E-state index >= 15 is 0 Å². The molecule has 220 valence electrons. The summed E-state index contributed by atoms with van der Waals surface area (Å²) in [5.74, 6) is 1.94. The maximum absolute atomic E-state index is 13.5. The van der Waals surface area contributed by atoms with Crippen LogP contribution in [0.15, 0.2) is 48.7 Å². The molecule has 1 aliphatic heterocycles. The van der Waals surface area contributed by atoms with E-state index in [1.165, 1.54) is 11.6 Å². The van der Waals surface area contributed by atoms with Crippen LogP contribution in [0.1, 0.15) is 64.4 Å². The van der Waals surface area contributed by atoms with E-state index in [4.69, 9.17) is 4.74 Å². The number of likely N-dealkylation sites (tertiary alicyclic amines) is 1. The van der Waals surface area contributed by atoms with Crippen molar-refractivity contribution in [3.05, 3.63) is 81.5 Å². The first kappa shape index (κ1) is 28.5. The van der Waals surface area contributed by atoms with Gasteiger partial charge in [0.25, 0.3) is 0 Å². The summed E-state index contributed by atoms with van der Waals surface area (Å²) in [6, 6.07) is 12.3. The topological polar surface area (TPSA) is 60.2 Å². The first-order valence-electron chi connectivity index (χ1n) is 14.3. The molecule has 0 atom stereocenters. The van der Waals surface area contributed by atoms with Crippen molar-refractivity contribution in [2.45, 2.75) is 65.2 Å². The highest BCUT2D eigenvalue weighted by Gasteiger charge is 2.36. The molecule has 2 fully saturated rings. The lowest BCUT2D eigenvalue weighted by molar-refractivity contribution is -0.142. The van der Waals surface area contributed by atoms with Crippen LogP contribution in [0.25, 0.3) is 16.4 Å². The number of ether oxygens (including phenoxy) is 1. The number of hydrogen-bond donors (Lipinski definition) is 0. The monoisotopic (exact) mass is 594 g/mol. The SMILES string of the molecule is Cc1cc(C2CCN(C(=O)C3CC3)CC2)ccc1OCc1c(-c2cccc(-n3nccc3C(F)(F)F)n2)sc(C)c1C. The van der Waals surface area contributed by atoms with Crippen molar-refractivity contribution in [1.82, 2.24) is 19.7 Å². The molecule has 3 aromatic heterocycles. The predicted octanol–water partition coefficient (Wildman–Crippen LogP) is 7.63. The van der Waals surface area contributed by atoms with E-state index in [2.05, 4.69) is 22.2 Å². The molecule has 6 nitrogen and oxygen atoms in total. The maximum atomic E-state index is 13.5. The highest BCUT2D eigenvalue weighted by atomic mass is 32.1. The van der Waals surface area contributed by atoms with Gasteiger partial charge in [0.15, 0.2) is 5.82 Å². The highest BCUT2D eigenvalue weighted by Crippen LogP contribution is 2.38. The van der Waals surface area contributed by atoms with E-state index in [-0.39, 0.29) is 11.7 Å². The van der Waals surface area contributed by atoms with Crippen LogP contribution in [0, 0.1) is 26.7 Å². The average molecular weight is 595 g/mol. The number of benzene rings is 1. The minimum absolute atomic E-state index is 0.106. The number of rotatable bonds is 7. The first-order chi connectivity index (χ1) is 20.1. The van der Waals surface area contributed by atoms with Gasteiger partial charge in [0.2, 0.25) is 5.91 Å². The molecule has 2 aliphatic rings. The fourth-order valence-corrected chi connectivity index (χ4v) is 6.82. The molecule has 4 heterocycles. The fraction of sp³-hybridized carbons (Fsp3) is 0.406. The van der Waals surface area contributed by atoms with Crippen LogP contribution in [0.3, 0.4) is 0 Å². The Morgan fingerprint density at radius 3 is 2.50 bits per heavy atom. The molecule has 1 amide bonds. The summed E-state index contributed by atoms with van der Waals surface area (Å²) in [4.78, 5) is 21.0. The first-order valence-corrected chi connectivity index (χ1v) is 15.1. The lowest BCUT2D eigenvalue weighted by Crippen LogP contribution is -2.38. The summed E-state index contributed by atoms with van der Waals surface area (Å²) in [5.41, 5.74) is 4.09. The van der Waals surface area contributed by atoms with Crippen molar-refractivity contribution in [1.29, 1.82) is 0 Å². The number of aryl methyl sites for hydroxylation is 2. The molecule has 42 heavy (non-hydrogen) atoms. The molecule has 0 bridgehead atoms. The molecule has 1 saturated carbocycles. The lowest BCUT2D eigenvalue weighted by Gasteiger charge is -2.32. The summed E-state index contributed by atoms with van der Waals surface area (Å²) >= 11 is 1.56. The molecule has 0 N–H and O–H groups in total. The normalized spacial score (nSPS) is 16.2. The summed E-state index contributed by atoms with van der Waals surface area (Å²) in [6.45, 7) is 8.06. The Labute approximate surface area is 247 Å². The zero-order valence-corrected chi connectivity index (χ0v) is 24.7. The molecular weight excluding hydrogens is 561 g/mol. The molecule has 10 heteroatoms. The number of nitrogens with zero attached hydrogens (tertiary/aromatic N) is 4. The number of pyridine rings is 1. The average Bonchev–Trinajstić information content (AvgIpc) is 3.63. The third-order valence-electron chi connectivity index (χ3n) is 8.40. The number of halogens is 3. The molecule has 1 saturated heterocycles. The third-order valence-corrected chi connectivity index (χ3v) is 9.67. The quantitative estimate of drug-likeness (QED) is 0.221. The minimum Gasteiger partial charge on any atom is -0.489 e. The second-order valence-corrected chi connectivity index (χ2v) is 12.5. The van der Waals surface area contributed by atoms with Crippen LogP contribution in [-0.2, 0) is 17.6 Å². The zero-order valence-electron chi connectivity index (χ0n) is 23.9. The standard InChI is InChI=1S/C32H33F3N4O2S/c1-19-17-24(22-12-15-38(16-13-22)31(40)23-7-8-23)9-10-27(19)41-18-25-20(2)21(3)42-30(25)26-5-4-6-29(37-26)39-28(11-14-36-39)32(33,34)35/h4-6,9-11,14,17,22-23H,7-8,12-13,15-16,18H2,1-3H3. The van der Waals surface area contributed by atoms with Crippen LogP contribution in [-0.4, -0.2) is 38.7 Å². The van der Waals surface area contributed by atoms with Gasteiger partial charge < -0.3 is 9.64 Å². The van der Waals surface area contributed by atoms with Crippen molar-refractivity contribution >= 4 is 17.2 Å². The van der Waals surface area contributed by atoms with Crippen LogP contribution >= 0.6 is 11.3 Å². The molecule has 6 rings (SSSR count). The number of carbonyl (C=O) groups is 1. The van der Waals surface area contributed by atoms with Gasteiger partial charge in [-0.25, -0.2) is 9.67 Å². The number of thiophene rings is 1. The molecule has 0 unspecified atom stereocenters. The summed E-state index contributed by atoms with van der Waals surface area (Å²) in [5, 5.41) is 3.88. The number of carbonyl (C=O) groups excluding carboxylic acids is 1. The minimum atomic E-state index is -4.54. The van der Waals surface area contributed by atoms with Crippen LogP contribution in [0.5, 0.6) is 5.75 Å². The lowest BCUT2D eigenvalue weighted by atomic mass is 9.88. The predicted molar refractivity (Wildman–Crippen MR) is 156 cm³/mol. The van der Waals surface area contributed by atoms with Crippen LogP contribution in [0.2, 0.25) is 0 Å². The Morgan fingerprint density at radius 2 is 1.81 bits per heavy atom. The van der Waals surface area contributed by atoms with E-state index in [1.54, 1.807) is 23.5 Å². The second kappa shape index (κ2) is 11.2. The van der Waals surface area contributed by atoms with Crippen LogP contribution in [0.4, 0.5) is 13.2 Å². The number of aromatic nitrogens is 3. The van der Waals surface area contributed by atoms with Crippen molar-refractivity contribution in [3.8, 4) is 22.1 Å².